The first-order valence-electron chi connectivity index (χ1n) is 8.90. The van der Waals surface area contributed by atoms with Crippen molar-refractivity contribution in [3.05, 3.63) is 78.7 Å². The molecule has 0 aliphatic heterocycles. The van der Waals surface area contributed by atoms with Gasteiger partial charge in [-0.05, 0) is 37.3 Å². The summed E-state index contributed by atoms with van der Waals surface area (Å²) in [6.07, 6.45) is 6.72. The average Bonchev–Trinajstić information content (AvgIpc) is 3.50. The molecule has 0 saturated carbocycles. The monoisotopic (exact) mass is 385 g/mol. The number of para-hydroxylation sites is 2. The Morgan fingerprint density at radius 1 is 1.17 bits per heavy atom. The molecule has 0 fully saturated rings. The summed E-state index contributed by atoms with van der Waals surface area (Å²) in [5.41, 5.74) is 3.22. The quantitative estimate of drug-likeness (QED) is 0.497. The average molecular weight is 385 g/mol. The number of anilines is 1. The number of aryl methyl sites for hydroxylation is 1. The molecule has 0 bridgehead atoms. The van der Waals surface area contributed by atoms with Crippen molar-refractivity contribution in [2.24, 2.45) is 0 Å². The number of hydrogen-bond donors (Lipinski definition) is 1. The van der Waals surface area contributed by atoms with Gasteiger partial charge in [0.25, 0.3) is 11.6 Å². The standard InChI is InChI=1S/C21H15N5O3/c1-13-19-14(11-16(18-7-4-10-28-18)24-21(19)29-25-13)20(27)23-15-5-2-3-6-17(15)26-9-8-22-12-26/h2-12H,1H3,(H,23,27). The van der Waals surface area contributed by atoms with Crippen molar-refractivity contribution >= 4 is 22.7 Å². The fraction of sp³-hybridized carbons (Fsp3) is 0.0476. The third kappa shape index (κ3) is 2.96. The Morgan fingerprint density at radius 3 is 2.86 bits per heavy atom. The van der Waals surface area contributed by atoms with E-state index in [1.807, 2.05) is 35.0 Å². The summed E-state index contributed by atoms with van der Waals surface area (Å²) >= 11 is 0. The molecule has 5 aromatic rings. The van der Waals surface area contributed by atoms with Crippen LogP contribution >= 0.6 is 0 Å². The number of imidazole rings is 1. The van der Waals surface area contributed by atoms with E-state index in [0.29, 0.717) is 33.8 Å². The SMILES string of the molecule is Cc1noc2nc(-c3ccco3)cc(C(=O)Nc3ccccc3-n3ccnc3)c12. The lowest BCUT2D eigenvalue weighted by Crippen LogP contribution is -2.14. The zero-order valence-corrected chi connectivity index (χ0v) is 15.4. The molecular formula is C21H15N5O3. The second-order valence-electron chi connectivity index (χ2n) is 6.42. The fourth-order valence-electron chi connectivity index (χ4n) is 3.22. The van der Waals surface area contributed by atoms with E-state index in [9.17, 15) is 4.79 Å². The van der Waals surface area contributed by atoms with E-state index in [0.717, 1.165) is 5.69 Å². The number of carbonyl (C=O) groups is 1. The van der Waals surface area contributed by atoms with Crippen molar-refractivity contribution < 1.29 is 13.7 Å². The minimum atomic E-state index is -0.302. The predicted octanol–water partition coefficient (Wildman–Crippen LogP) is 4.23. The van der Waals surface area contributed by atoms with E-state index < -0.39 is 0 Å². The number of aromatic nitrogens is 4. The lowest BCUT2D eigenvalue weighted by molar-refractivity contribution is 0.102. The molecule has 0 spiro atoms. The van der Waals surface area contributed by atoms with Gasteiger partial charge in [0.15, 0.2) is 5.76 Å². The van der Waals surface area contributed by atoms with Gasteiger partial charge in [-0.2, -0.15) is 0 Å². The maximum absolute atomic E-state index is 13.3. The third-order valence-corrected chi connectivity index (χ3v) is 4.57. The summed E-state index contributed by atoms with van der Waals surface area (Å²) in [6.45, 7) is 1.77. The van der Waals surface area contributed by atoms with Gasteiger partial charge in [-0.1, -0.05) is 17.3 Å². The van der Waals surface area contributed by atoms with Gasteiger partial charge in [0, 0.05) is 12.4 Å². The Kier molecular flexibility index (Phi) is 3.94. The Bertz CT molecular complexity index is 1300. The van der Waals surface area contributed by atoms with E-state index in [1.54, 1.807) is 43.9 Å². The van der Waals surface area contributed by atoms with Crippen molar-refractivity contribution in [2.45, 2.75) is 6.92 Å². The second kappa shape index (κ2) is 6.75. The molecule has 8 nitrogen and oxygen atoms in total. The van der Waals surface area contributed by atoms with Crippen molar-refractivity contribution in [1.29, 1.82) is 0 Å². The minimum absolute atomic E-state index is 0.282. The van der Waals surface area contributed by atoms with Gasteiger partial charge in [0.2, 0.25) is 0 Å². The summed E-state index contributed by atoms with van der Waals surface area (Å²) in [6, 6.07) is 12.7. The van der Waals surface area contributed by atoms with Crippen molar-refractivity contribution in [3.8, 4) is 17.1 Å². The first kappa shape index (κ1) is 16.9. The number of amides is 1. The zero-order chi connectivity index (χ0) is 19.8. The predicted molar refractivity (Wildman–Crippen MR) is 106 cm³/mol. The second-order valence-corrected chi connectivity index (χ2v) is 6.42. The summed E-state index contributed by atoms with van der Waals surface area (Å²) in [5.74, 6) is 0.234. The number of benzene rings is 1. The summed E-state index contributed by atoms with van der Waals surface area (Å²) in [4.78, 5) is 21.8. The van der Waals surface area contributed by atoms with Gasteiger partial charge < -0.3 is 18.8 Å². The molecule has 1 N–H and O–H groups in total. The molecule has 1 amide bonds. The van der Waals surface area contributed by atoms with Crippen LogP contribution in [0.2, 0.25) is 0 Å². The van der Waals surface area contributed by atoms with Gasteiger partial charge in [-0.3, -0.25) is 4.79 Å². The molecule has 0 saturated heterocycles. The molecule has 29 heavy (non-hydrogen) atoms. The van der Waals surface area contributed by atoms with Crippen LogP contribution in [0.4, 0.5) is 5.69 Å². The smallest absolute Gasteiger partial charge is 0.259 e. The number of rotatable bonds is 4. The molecular weight excluding hydrogens is 370 g/mol. The molecule has 0 unspecified atom stereocenters. The van der Waals surface area contributed by atoms with Crippen molar-refractivity contribution in [2.75, 3.05) is 5.32 Å². The number of carbonyl (C=O) groups excluding carboxylic acids is 1. The number of fused-ring (bicyclic) bond motifs is 1. The lowest BCUT2D eigenvalue weighted by Gasteiger charge is -2.12. The maximum Gasteiger partial charge on any atom is 0.259 e. The topological polar surface area (TPSA) is 99.0 Å². The van der Waals surface area contributed by atoms with Gasteiger partial charge in [-0.25, -0.2) is 9.97 Å². The molecule has 4 heterocycles. The molecule has 0 aliphatic carbocycles. The summed E-state index contributed by atoms with van der Waals surface area (Å²) in [5, 5.41) is 7.51. The van der Waals surface area contributed by atoms with Gasteiger partial charge in [0.1, 0.15) is 5.69 Å². The van der Waals surface area contributed by atoms with Crippen LogP contribution in [0.25, 0.3) is 28.2 Å². The van der Waals surface area contributed by atoms with Crippen molar-refractivity contribution in [1.82, 2.24) is 19.7 Å². The molecule has 0 atom stereocenters. The van der Waals surface area contributed by atoms with Gasteiger partial charge in [-0.15, -0.1) is 0 Å². The van der Waals surface area contributed by atoms with Crippen LogP contribution in [0, 0.1) is 6.92 Å². The lowest BCUT2D eigenvalue weighted by atomic mass is 10.1. The van der Waals surface area contributed by atoms with E-state index >= 15 is 0 Å². The summed E-state index contributed by atoms with van der Waals surface area (Å²) < 4.78 is 12.6. The van der Waals surface area contributed by atoms with Gasteiger partial charge in [0.05, 0.1) is 40.6 Å². The van der Waals surface area contributed by atoms with Crippen LogP contribution in [-0.4, -0.2) is 25.6 Å². The highest BCUT2D eigenvalue weighted by Gasteiger charge is 2.21. The first-order chi connectivity index (χ1) is 14.2. The Morgan fingerprint density at radius 2 is 2.07 bits per heavy atom. The molecule has 5 rings (SSSR count). The molecule has 0 radical (unpaired) electrons. The number of hydrogen-bond acceptors (Lipinski definition) is 6. The first-order valence-corrected chi connectivity index (χ1v) is 8.90. The van der Waals surface area contributed by atoms with Crippen LogP contribution in [0.5, 0.6) is 0 Å². The van der Waals surface area contributed by atoms with Crippen LogP contribution in [0.15, 0.2) is 76.4 Å². The molecule has 0 aliphatic rings. The largest absolute Gasteiger partial charge is 0.463 e. The van der Waals surface area contributed by atoms with Crippen LogP contribution < -0.4 is 5.32 Å². The van der Waals surface area contributed by atoms with Crippen LogP contribution in [0.1, 0.15) is 16.1 Å². The van der Waals surface area contributed by atoms with Crippen LogP contribution in [0.3, 0.4) is 0 Å². The fourth-order valence-corrected chi connectivity index (χ4v) is 3.22. The molecule has 1 aromatic carbocycles. The van der Waals surface area contributed by atoms with Gasteiger partial charge >= 0.3 is 0 Å². The van der Waals surface area contributed by atoms with Crippen LogP contribution in [-0.2, 0) is 0 Å². The number of nitrogens with zero attached hydrogens (tertiary/aromatic N) is 4. The van der Waals surface area contributed by atoms with E-state index in [2.05, 4.69) is 20.4 Å². The number of pyridine rings is 1. The highest BCUT2D eigenvalue weighted by atomic mass is 16.5. The maximum atomic E-state index is 13.3. The number of nitrogens with one attached hydrogen (secondary N) is 1. The molecule has 142 valence electrons. The number of furan rings is 1. The minimum Gasteiger partial charge on any atom is -0.463 e. The Hall–Kier alpha value is -4.20. The summed E-state index contributed by atoms with van der Waals surface area (Å²) in [7, 11) is 0. The van der Waals surface area contributed by atoms with E-state index in [4.69, 9.17) is 8.94 Å². The Labute approximate surface area is 164 Å². The Balaban J connectivity index is 1.60. The van der Waals surface area contributed by atoms with E-state index in [-0.39, 0.29) is 11.6 Å². The molecule has 8 heteroatoms. The van der Waals surface area contributed by atoms with Crippen molar-refractivity contribution in [3.63, 3.8) is 0 Å². The highest BCUT2D eigenvalue weighted by molar-refractivity contribution is 6.13. The normalized spacial score (nSPS) is 11.1. The zero-order valence-electron chi connectivity index (χ0n) is 15.4. The molecule has 4 aromatic heterocycles. The highest BCUT2D eigenvalue weighted by Crippen LogP contribution is 2.28. The third-order valence-electron chi connectivity index (χ3n) is 4.57. The van der Waals surface area contributed by atoms with E-state index in [1.165, 1.54) is 0 Å².